The highest BCUT2D eigenvalue weighted by molar-refractivity contribution is 5.87. The first-order valence-corrected chi connectivity index (χ1v) is 3.70. The maximum atomic E-state index is 10.6. The predicted octanol–water partition coefficient (Wildman–Crippen LogP) is 0.416. The Morgan fingerprint density at radius 2 is 2.18 bits per heavy atom. The van der Waals surface area contributed by atoms with E-state index in [1.807, 2.05) is 13.8 Å². The number of rotatable bonds is 4. The average molecular weight is 156 g/mol. The highest BCUT2D eigenvalue weighted by atomic mass is 16.1. The molecule has 3 nitrogen and oxygen atoms in total. The molecule has 0 unspecified atom stereocenters. The number of nitrogens with two attached hydrogens (primary N) is 1. The van der Waals surface area contributed by atoms with Crippen LogP contribution in [0.25, 0.3) is 0 Å². The first kappa shape index (κ1) is 10.2. The van der Waals surface area contributed by atoms with Crippen LogP contribution in [-0.4, -0.2) is 18.4 Å². The zero-order valence-electron chi connectivity index (χ0n) is 7.35. The summed E-state index contributed by atoms with van der Waals surface area (Å²) < 4.78 is 0. The maximum absolute atomic E-state index is 10.6. The third-order valence-electron chi connectivity index (χ3n) is 1.12. The normalized spacial score (nSPS) is 14.4. The minimum absolute atomic E-state index is 0.0553. The zero-order chi connectivity index (χ0) is 8.85. The molecule has 0 aromatic rings. The van der Waals surface area contributed by atoms with Crippen LogP contribution in [-0.2, 0) is 4.79 Å². The Balaban J connectivity index is 3.68. The van der Waals surface area contributed by atoms with Gasteiger partial charge in [-0.05, 0) is 26.8 Å². The molecule has 0 bridgehead atoms. The van der Waals surface area contributed by atoms with Crippen LogP contribution in [0.3, 0.4) is 0 Å². The highest BCUT2D eigenvalue weighted by Gasteiger charge is 1.93. The third kappa shape index (κ3) is 7.06. The Morgan fingerprint density at radius 3 is 2.55 bits per heavy atom. The van der Waals surface area contributed by atoms with Gasteiger partial charge in [-0.1, -0.05) is 0 Å². The zero-order valence-corrected chi connectivity index (χ0v) is 7.35. The van der Waals surface area contributed by atoms with Gasteiger partial charge >= 0.3 is 0 Å². The van der Waals surface area contributed by atoms with E-state index in [0.29, 0.717) is 6.54 Å². The second-order valence-corrected chi connectivity index (χ2v) is 2.80. The van der Waals surface area contributed by atoms with Crippen LogP contribution in [0, 0.1) is 0 Å². The molecule has 0 radical (unpaired) electrons. The molecule has 3 N–H and O–H groups in total. The second-order valence-electron chi connectivity index (χ2n) is 2.80. The molecule has 0 aliphatic carbocycles. The first-order valence-electron chi connectivity index (χ1n) is 3.70. The summed E-state index contributed by atoms with van der Waals surface area (Å²) >= 11 is 0. The van der Waals surface area contributed by atoms with E-state index in [4.69, 9.17) is 5.73 Å². The van der Waals surface area contributed by atoms with Crippen LogP contribution >= 0.6 is 0 Å². The van der Waals surface area contributed by atoms with E-state index in [-0.39, 0.29) is 11.8 Å². The fourth-order valence-corrected chi connectivity index (χ4v) is 0.678. The second kappa shape index (κ2) is 4.91. The lowest BCUT2D eigenvalue weighted by Gasteiger charge is -2.07. The lowest BCUT2D eigenvalue weighted by molar-refractivity contribution is -0.112. The molecule has 1 atom stereocenters. The summed E-state index contributed by atoms with van der Waals surface area (Å²) in [6.07, 6.45) is 1.56. The number of ketones is 1. The van der Waals surface area contributed by atoms with E-state index in [0.717, 1.165) is 5.70 Å². The van der Waals surface area contributed by atoms with E-state index >= 15 is 0 Å². The SMILES string of the molecule is CC(=O)/C=C(\C)NC[C@H](C)N. The Hall–Kier alpha value is -0.830. The van der Waals surface area contributed by atoms with Crippen molar-refractivity contribution in [3.8, 4) is 0 Å². The molecule has 0 saturated carbocycles. The smallest absolute Gasteiger partial charge is 0.154 e. The van der Waals surface area contributed by atoms with Crippen molar-refractivity contribution in [2.24, 2.45) is 5.73 Å². The number of hydrogen-bond donors (Lipinski definition) is 2. The molecule has 0 aromatic carbocycles. The summed E-state index contributed by atoms with van der Waals surface area (Å²) in [5, 5.41) is 3.03. The molecular weight excluding hydrogens is 140 g/mol. The average Bonchev–Trinajstić information content (AvgIpc) is 1.82. The molecule has 0 rings (SSSR count). The van der Waals surface area contributed by atoms with Gasteiger partial charge in [0.2, 0.25) is 0 Å². The minimum atomic E-state index is 0.0553. The molecule has 0 aliphatic rings. The molecule has 0 amide bonds. The van der Waals surface area contributed by atoms with Crippen molar-refractivity contribution < 1.29 is 4.79 Å². The molecule has 0 aliphatic heterocycles. The van der Waals surface area contributed by atoms with Gasteiger partial charge in [0.15, 0.2) is 5.78 Å². The van der Waals surface area contributed by atoms with Crippen LogP contribution in [0.2, 0.25) is 0 Å². The van der Waals surface area contributed by atoms with Crippen molar-refractivity contribution >= 4 is 5.78 Å². The maximum Gasteiger partial charge on any atom is 0.154 e. The van der Waals surface area contributed by atoms with Crippen LogP contribution in [0.15, 0.2) is 11.8 Å². The van der Waals surface area contributed by atoms with Gasteiger partial charge in [-0.15, -0.1) is 0 Å². The van der Waals surface area contributed by atoms with E-state index in [2.05, 4.69) is 5.32 Å². The number of carbonyl (C=O) groups excluding carboxylic acids is 1. The summed E-state index contributed by atoms with van der Waals surface area (Å²) in [6, 6.07) is 0.116. The number of carbonyl (C=O) groups is 1. The predicted molar refractivity (Wildman–Crippen MR) is 46.1 cm³/mol. The Bertz CT molecular complexity index is 161. The van der Waals surface area contributed by atoms with Crippen molar-refractivity contribution in [2.75, 3.05) is 6.54 Å². The summed E-state index contributed by atoms with van der Waals surface area (Å²) in [5.74, 6) is 0.0553. The summed E-state index contributed by atoms with van der Waals surface area (Å²) in [4.78, 5) is 10.6. The van der Waals surface area contributed by atoms with Gasteiger partial charge in [0.25, 0.3) is 0 Å². The molecule has 0 heterocycles. The van der Waals surface area contributed by atoms with Crippen molar-refractivity contribution in [1.29, 1.82) is 0 Å². The van der Waals surface area contributed by atoms with Gasteiger partial charge in [0.05, 0.1) is 0 Å². The lowest BCUT2D eigenvalue weighted by atomic mass is 10.3. The van der Waals surface area contributed by atoms with Crippen molar-refractivity contribution in [3.63, 3.8) is 0 Å². The summed E-state index contributed by atoms with van der Waals surface area (Å²) in [7, 11) is 0. The number of nitrogens with one attached hydrogen (secondary N) is 1. The minimum Gasteiger partial charge on any atom is -0.387 e. The van der Waals surface area contributed by atoms with Crippen molar-refractivity contribution in [3.05, 3.63) is 11.8 Å². The molecule has 0 aromatic heterocycles. The monoisotopic (exact) mass is 156 g/mol. The Morgan fingerprint density at radius 1 is 1.64 bits per heavy atom. The first-order chi connectivity index (χ1) is 5.02. The third-order valence-corrected chi connectivity index (χ3v) is 1.12. The molecule has 0 fully saturated rings. The van der Waals surface area contributed by atoms with E-state index in [9.17, 15) is 4.79 Å². The van der Waals surface area contributed by atoms with E-state index in [1.54, 1.807) is 6.08 Å². The fraction of sp³-hybridized carbons (Fsp3) is 0.625. The molecule has 11 heavy (non-hydrogen) atoms. The van der Waals surface area contributed by atoms with E-state index in [1.165, 1.54) is 6.92 Å². The van der Waals surface area contributed by atoms with Gasteiger partial charge in [-0.3, -0.25) is 4.79 Å². The van der Waals surface area contributed by atoms with Gasteiger partial charge in [0, 0.05) is 18.3 Å². The highest BCUT2D eigenvalue weighted by Crippen LogP contribution is 1.86. The molecule has 0 spiro atoms. The van der Waals surface area contributed by atoms with Gasteiger partial charge in [-0.25, -0.2) is 0 Å². The summed E-state index contributed by atoms with van der Waals surface area (Å²) in [6.45, 7) is 5.99. The summed E-state index contributed by atoms with van der Waals surface area (Å²) in [5.41, 5.74) is 6.37. The topological polar surface area (TPSA) is 55.1 Å². The molecular formula is C8H16N2O. The Labute approximate surface area is 67.7 Å². The van der Waals surface area contributed by atoms with Crippen molar-refractivity contribution in [1.82, 2.24) is 5.32 Å². The Kier molecular flexibility index (Phi) is 4.54. The van der Waals surface area contributed by atoms with E-state index < -0.39 is 0 Å². The quantitative estimate of drug-likeness (QED) is 0.580. The largest absolute Gasteiger partial charge is 0.387 e. The standard InChI is InChI=1S/C8H16N2O/c1-6(9)5-10-7(2)4-8(3)11/h4,6,10H,5,9H2,1-3H3/b7-4+/t6-/m0/s1. The van der Waals surface area contributed by atoms with Crippen LogP contribution < -0.4 is 11.1 Å². The van der Waals surface area contributed by atoms with Gasteiger partial charge < -0.3 is 11.1 Å². The van der Waals surface area contributed by atoms with Crippen LogP contribution in [0.1, 0.15) is 20.8 Å². The van der Waals surface area contributed by atoms with Crippen LogP contribution in [0.5, 0.6) is 0 Å². The number of allylic oxidation sites excluding steroid dienone is 2. The van der Waals surface area contributed by atoms with Gasteiger partial charge in [-0.2, -0.15) is 0 Å². The van der Waals surface area contributed by atoms with Gasteiger partial charge in [0.1, 0.15) is 0 Å². The number of hydrogen-bond acceptors (Lipinski definition) is 3. The molecule has 0 saturated heterocycles. The fourth-order valence-electron chi connectivity index (χ4n) is 0.678. The molecule has 64 valence electrons. The lowest BCUT2D eigenvalue weighted by Crippen LogP contribution is -2.30. The van der Waals surface area contributed by atoms with Crippen LogP contribution in [0.4, 0.5) is 0 Å². The molecule has 3 heteroatoms. The van der Waals surface area contributed by atoms with Crippen molar-refractivity contribution in [2.45, 2.75) is 26.8 Å².